The van der Waals surface area contributed by atoms with Gasteiger partial charge in [0.25, 0.3) is 5.69 Å². The Kier molecular flexibility index (Phi) is 4.09. The van der Waals surface area contributed by atoms with Gasteiger partial charge >= 0.3 is 5.91 Å². The summed E-state index contributed by atoms with van der Waals surface area (Å²) >= 11 is 7.11. The van der Waals surface area contributed by atoms with Crippen molar-refractivity contribution in [3.8, 4) is 0 Å². The first-order chi connectivity index (χ1) is 11.0. The maximum atomic E-state index is 12.0. The molecule has 7 nitrogen and oxygen atoms in total. The Morgan fingerprint density at radius 3 is 2.87 bits per heavy atom. The van der Waals surface area contributed by atoms with Crippen LogP contribution in [0.3, 0.4) is 0 Å². The van der Waals surface area contributed by atoms with Gasteiger partial charge in [-0.15, -0.1) is 11.3 Å². The van der Waals surface area contributed by atoms with Crippen LogP contribution >= 0.6 is 22.9 Å². The lowest BCUT2D eigenvalue weighted by Crippen LogP contribution is -2.16. The molecule has 2 aromatic heterocycles. The zero-order valence-electron chi connectivity index (χ0n) is 11.4. The lowest BCUT2D eigenvalue weighted by atomic mass is 10.2. The van der Waals surface area contributed by atoms with Gasteiger partial charge in [-0.2, -0.15) is 5.10 Å². The fraction of sp³-hybridized carbons (Fsp3) is 0. The highest BCUT2D eigenvalue weighted by Gasteiger charge is 2.14. The standard InChI is InChI=1S/C14H8ClN3O4S/c15-13-4-2-10(23-13)7-16-17-14(19)12-6-8-5-9(18(20)21)1-3-11(8)22-12/h1-7H,(H,17,19)/b16-7+. The summed E-state index contributed by atoms with van der Waals surface area (Å²) in [4.78, 5) is 23.0. The number of fused-ring (bicyclic) bond motifs is 1. The van der Waals surface area contributed by atoms with Gasteiger partial charge in [0.15, 0.2) is 5.76 Å². The van der Waals surface area contributed by atoms with Gasteiger partial charge in [0.05, 0.1) is 15.5 Å². The number of non-ortho nitro benzene ring substituents is 1. The number of hydrogen-bond donors (Lipinski definition) is 1. The summed E-state index contributed by atoms with van der Waals surface area (Å²) in [7, 11) is 0. The normalized spacial score (nSPS) is 11.2. The number of nitro benzene ring substituents is 1. The van der Waals surface area contributed by atoms with Gasteiger partial charge in [-0.05, 0) is 24.3 Å². The first-order valence-electron chi connectivity index (χ1n) is 6.29. The number of halogens is 1. The fourth-order valence-electron chi connectivity index (χ4n) is 1.86. The number of furan rings is 1. The minimum absolute atomic E-state index is 0.0156. The summed E-state index contributed by atoms with van der Waals surface area (Å²) in [5, 5.41) is 15.0. The molecule has 3 rings (SSSR count). The van der Waals surface area contributed by atoms with Gasteiger partial charge in [-0.1, -0.05) is 11.6 Å². The second kappa shape index (κ2) is 6.19. The topological polar surface area (TPSA) is 97.7 Å². The molecule has 0 aliphatic rings. The number of amides is 1. The molecule has 0 aliphatic heterocycles. The Bertz CT molecular complexity index is 931. The van der Waals surface area contributed by atoms with E-state index in [0.717, 1.165) is 4.88 Å². The van der Waals surface area contributed by atoms with Gasteiger partial charge in [0, 0.05) is 22.4 Å². The van der Waals surface area contributed by atoms with Crippen LogP contribution in [0.1, 0.15) is 15.4 Å². The maximum absolute atomic E-state index is 12.0. The summed E-state index contributed by atoms with van der Waals surface area (Å²) in [6.45, 7) is 0. The summed E-state index contributed by atoms with van der Waals surface area (Å²) in [5.74, 6) is -0.537. The number of rotatable bonds is 4. The highest BCUT2D eigenvalue weighted by molar-refractivity contribution is 7.17. The molecule has 0 spiro atoms. The SMILES string of the molecule is O=C(N/N=C/c1ccc(Cl)s1)c1cc2cc([N+](=O)[O-])ccc2o1. The minimum atomic E-state index is -0.553. The summed E-state index contributed by atoms with van der Waals surface area (Å²) in [6.07, 6.45) is 1.46. The first kappa shape index (κ1) is 15.2. The van der Waals surface area contributed by atoms with Gasteiger partial charge < -0.3 is 4.42 Å². The van der Waals surface area contributed by atoms with Gasteiger partial charge in [0.1, 0.15) is 5.58 Å². The smallest absolute Gasteiger partial charge is 0.307 e. The van der Waals surface area contributed by atoms with E-state index in [1.807, 2.05) is 0 Å². The summed E-state index contributed by atoms with van der Waals surface area (Å²) in [6, 6.07) is 9.01. The van der Waals surface area contributed by atoms with Crippen LogP contribution < -0.4 is 5.43 Å². The van der Waals surface area contributed by atoms with Crippen LogP contribution in [0.2, 0.25) is 4.34 Å². The van der Waals surface area contributed by atoms with Crippen molar-refractivity contribution in [2.24, 2.45) is 5.10 Å². The molecule has 3 aromatic rings. The molecule has 23 heavy (non-hydrogen) atoms. The zero-order valence-corrected chi connectivity index (χ0v) is 12.9. The number of carbonyl (C=O) groups excluding carboxylic acids is 1. The molecule has 2 heterocycles. The van der Waals surface area contributed by atoms with Crippen LogP contribution in [0, 0.1) is 10.1 Å². The zero-order chi connectivity index (χ0) is 16.4. The third-order valence-corrected chi connectivity index (χ3v) is 4.05. The van der Waals surface area contributed by atoms with Gasteiger partial charge in [-0.3, -0.25) is 14.9 Å². The van der Waals surface area contributed by atoms with E-state index in [9.17, 15) is 14.9 Å². The average Bonchev–Trinajstić information content (AvgIpc) is 3.12. The van der Waals surface area contributed by atoms with Crippen molar-refractivity contribution >= 4 is 51.7 Å². The molecule has 116 valence electrons. The van der Waals surface area contributed by atoms with E-state index >= 15 is 0 Å². The molecule has 1 aromatic carbocycles. The number of carbonyl (C=O) groups is 1. The average molecular weight is 350 g/mol. The molecule has 0 radical (unpaired) electrons. The molecule has 0 fully saturated rings. The highest BCUT2D eigenvalue weighted by Crippen LogP contribution is 2.24. The third-order valence-electron chi connectivity index (χ3n) is 2.89. The molecule has 1 N–H and O–H groups in total. The molecule has 0 atom stereocenters. The number of hydrazone groups is 1. The van der Waals surface area contributed by atoms with Crippen molar-refractivity contribution < 1.29 is 14.1 Å². The Morgan fingerprint density at radius 2 is 2.17 bits per heavy atom. The highest BCUT2D eigenvalue weighted by atomic mass is 35.5. The van der Waals surface area contributed by atoms with E-state index in [2.05, 4.69) is 10.5 Å². The van der Waals surface area contributed by atoms with Gasteiger partial charge in [-0.25, -0.2) is 5.43 Å². The predicted molar refractivity (Wildman–Crippen MR) is 87.3 cm³/mol. The van der Waals surface area contributed by atoms with Crippen molar-refractivity contribution in [3.05, 3.63) is 61.5 Å². The van der Waals surface area contributed by atoms with E-state index in [4.69, 9.17) is 16.0 Å². The van der Waals surface area contributed by atoms with E-state index in [1.54, 1.807) is 12.1 Å². The maximum Gasteiger partial charge on any atom is 0.307 e. The molecular formula is C14H8ClN3O4S. The van der Waals surface area contributed by atoms with E-state index in [0.29, 0.717) is 15.3 Å². The largest absolute Gasteiger partial charge is 0.451 e. The van der Waals surface area contributed by atoms with Crippen LogP contribution in [-0.2, 0) is 0 Å². The van der Waals surface area contributed by atoms with Crippen LogP contribution in [0.25, 0.3) is 11.0 Å². The number of nitrogens with zero attached hydrogens (tertiary/aromatic N) is 2. The van der Waals surface area contributed by atoms with Gasteiger partial charge in [0.2, 0.25) is 0 Å². The molecule has 0 saturated carbocycles. The fourth-order valence-corrected chi connectivity index (χ4v) is 2.80. The second-order valence-electron chi connectivity index (χ2n) is 4.43. The number of nitrogens with one attached hydrogen (secondary N) is 1. The molecule has 1 amide bonds. The van der Waals surface area contributed by atoms with Crippen LogP contribution in [0.5, 0.6) is 0 Å². The van der Waals surface area contributed by atoms with Crippen molar-refractivity contribution in [2.45, 2.75) is 0 Å². The first-order valence-corrected chi connectivity index (χ1v) is 7.49. The van der Waals surface area contributed by atoms with Crippen LogP contribution in [0.4, 0.5) is 5.69 Å². The Morgan fingerprint density at radius 1 is 1.35 bits per heavy atom. The molecule has 0 unspecified atom stereocenters. The van der Waals surface area contributed by atoms with Crippen LogP contribution in [0.15, 0.2) is 45.9 Å². The molecule has 0 saturated heterocycles. The lowest BCUT2D eigenvalue weighted by molar-refractivity contribution is -0.384. The van der Waals surface area contributed by atoms with E-state index in [1.165, 1.54) is 41.8 Å². The molecule has 0 bridgehead atoms. The molecule has 0 aliphatic carbocycles. The molecule has 9 heteroatoms. The van der Waals surface area contributed by atoms with E-state index in [-0.39, 0.29) is 11.4 Å². The summed E-state index contributed by atoms with van der Waals surface area (Å²) < 4.78 is 5.97. The number of benzene rings is 1. The number of thiophene rings is 1. The van der Waals surface area contributed by atoms with E-state index < -0.39 is 10.8 Å². The Hall–Kier alpha value is -2.71. The Labute approximate surface area is 138 Å². The Balaban J connectivity index is 1.75. The molecular weight excluding hydrogens is 342 g/mol. The van der Waals surface area contributed by atoms with Crippen LogP contribution in [-0.4, -0.2) is 17.0 Å². The lowest BCUT2D eigenvalue weighted by Gasteiger charge is -1.93. The number of nitro groups is 1. The number of hydrogen-bond acceptors (Lipinski definition) is 6. The van der Waals surface area contributed by atoms with Crippen molar-refractivity contribution in [3.63, 3.8) is 0 Å². The quantitative estimate of drug-likeness (QED) is 0.439. The minimum Gasteiger partial charge on any atom is -0.451 e. The van der Waals surface area contributed by atoms with Crippen molar-refractivity contribution in [2.75, 3.05) is 0 Å². The second-order valence-corrected chi connectivity index (χ2v) is 6.18. The van der Waals surface area contributed by atoms with Crippen molar-refractivity contribution in [1.82, 2.24) is 5.43 Å². The van der Waals surface area contributed by atoms with Crippen molar-refractivity contribution in [1.29, 1.82) is 0 Å². The monoisotopic (exact) mass is 349 g/mol. The predicted octanol–water partition coefficient (Wildman–Crippen LogP) is 3.82. The third kappa shape index (κ3) is 3.38. The summed E-state index contributed by atoms with van der Waals surface area (Å²) in [5.41, 5.74) is 2.63.